The van der Waals surface area contributed by atoms with Gasteiger partial charge >= 0.3 is 6.03 Å². The van der Waals surface area contributed by atoms with Gasteiger partial charge in [-0.2, -0.15) is 0 Å². The Labute approximate surface area is 155 Å². The summed E-state index contributed by atoms with van der Waals surface area (Å²) in [5.41, 5.74) is 3.38. The Bertz CT molecular complexity index is 740. The molecule has 2 saturated heterocycles. The second-order valence-corrected chi connectivity index (χ2v) is 7.38. The van der Waals surface area contributed by atoms with Crippen LogP contribution < -0.4 is 5.32 Å². The highest BCUT2D eigenvalue weighted by molar-refractivity contribution is 5.90. The van der Waals surface area contributed by atoms with Crippen molar-refractivity contribution in [2.45, 2.75) is 38.3 Å². The quantitative estimate of drug-likeness (QED) is 0.872. The van der Waals surface area contributed by atoms with Gasteiger partial charge in [-0.15, -0.1) is 0 Å². The van der Waals surface area contributed by atoms with Gasteiger partial charge in [0.05, 0.1) is 6.04 Å². The zero-order valence-corrected chi connectivity index (χ0v) is 15.2. The highest BCUT2D eigenvalue weighted by Crippen LogP contribution is 2.33. The van der Waals surface area contributed by atoms with Crippen molar-refractivity contribution < 1.29 is 4.79 Å². The molecule has 1 atom stereocenters. The molecule has 2 amide bonds. The van der Waals surface area contributed by atoms with Crippen molar-refractivity contribution in [1.29, 1.82) is 0 Å². The average Bonchev–Trinajstić information content (AvgIpc) is 2.63. The van der Waals surface area contributed by atoms with Gasteiger partial charge in [0.15, 0.2) is 0 Å². The lowest BCUT2D eigenvalue weighted by Gasteiger charge is -2.41. The normalized spacial score (nSPS) is 20.5. The fourth-order valence-corrected chi connectivity index (χ4v) is 3.97. The van der Waals surface area contributed by atoms with Crippen LogP contribution in [0.25, 0.3) is 0 Å². The first-order valence-corrected chi connectivity index (χ1v) is 9.73. The molecule has 2 fully saturated rings. The molecule has 2 aliphatic heterocycles. The maximum atomic E-state index is 12.7. The first-order chi connectivity index (χ1) is 12.8. The lowest BCUT2D eigenvalue weighted by molar-refractivity contribution is 0.126. The van der Waals surface area contributed by atoms with Gasteiger partial charge < -0.3 is 10.2 Å². The summed E-state index contributed by atoms with van der Waals surface area (Å²) in [6.45, 7) is 4.16. The highest BCUT2D eigenvalue weighted by Gasteiger charge is 2.33. The van der Waals surface area contributed by atoms with Gasteiger partial charge in [0.25, 0.3) is 0 Å². The Balaban J connectivity index is 1.37. The van der Waals surface area contributed by atoms with Gasteiger partial charge in [-0.1, -0.05) is 48.9 Å². The number of hydrogen-bond donors (Lipinski definition) is 1. The van der Waals surface area contributed by atoms with E-state index in [0.29, 0.717) is 0 Å². The summed E-state index contributed by atoms with van der Waals surface area (Å²) in [6.07, 6.45) is 4.98. The van der Waals surface area contributed by atoms with Crippen LogP contribution in [0.2, 0.25) is 0 Å². The summed E-state index contributed by atoms with van der Waals surface area (Å²) in [6, 6.07) is 18.8. The van der Waals surface area contributed by atoms with Crippen LogP contribution in [0.5, 0.6) is 0 Å². The van der Waals surface area contributed by atoms with E-state index in [2.05, 4.69) is 34.5 Å². The molecule has 2 heterocycles. The van der Waals surface area contributed by atoms with E-state index < -0.39 is 0 Å². The van der Waals surface area contributed by atoms with Crippen LogP contribution in [-0.4, -0.2) is 35.5 Å². The van der Waals surface area contributed by atoms with E-state index >= 15 is 0 Å². The largest absolute Gasteiger partial charge is 0.322 e. The fourth-order valence-electron chi connectivity index (χ4n) is 3.97. The van der Waals surface area contributed by atoms with E-state index in [9.17, 15) is 4.79 Å². The van der Waals surface area contributed by atoms with E-state index in [1.54, 1.807) is 0 Å². The second-order valence-electron chi connectivity index (χ2n) is 7.38. The Kier molecular flexibility index (Phi) is 5.21. The van der Waals surface area contributed by atoms with E-state index in [4.69, 9.17) is 0 Å². The molecule has 2 aromatic carbocycles. The van der Waals surface area contributed by atoms with Crippen LogP contribution in [0.1, 0.15) is 42.9 Å². The third-order valence-electron chi connectivity index (χ3n) is 5.50. The molecule has 136 valence electrons. The number of rotatable bonds is 4. The lowest BCUT2D eigenvalue weighted by atomic mass is 9.95. The Morgan fingerprint density at radius 1 is 0.962 bits per heavy atom. The van der Waals surface area contributed by atoms with E-state index in [-0.39, 0.29) is 12.1 Å². The molecule has 4 nitrogen and oxygen atoms in total. The number of anilines is 1. The molecule has 0 aromatic heterocycles. The van der Waals surface area contributed by atoms with Gasteiger partial charge in [0.2, 0.25) is 0 Å². The van der Waals surface area contributed by atoms with E-state index in [1.807, 2.05) is 35.2 Å². The van der Waals surface area contributed by atoms with Crippen LogP contribution in [0.4, 0.5) is 10.5 Å². The van der Waals surface area contributed by atoms with E-state index in [0.717, 1.165) is 25.2 Å². The average molecular weight is 349 g/mol. The first-order valence-electron chi connectivity index (χ1n) is 9.73. The number of nitrogens with zero attached hydrogens (tertiary/aromatic N) is 2. The minimum absolute atomic E-state index is 0.000209. The highest BCUT2D eigenvalue weighted by atomic mass is 16.2. The van der Waals surface area contributed by atoms with Crippen molar-refractivity contribution in [1.82, 2.24) is 9.80 Å². The molecule has 4 rings (SSSR count). The lowest BCUT2D eigenvalue weighted by Crippen LogP contribution is -2.47. The van der Waals surface area contributed by atoms with Crippen molar-refractivity contribution in [3.05, 3.63) is 65.7 Å². The predicted molar refractivity (Wildman–Crippen MR) is 105 cm³/mol. The molecule has 0 aliphatic carbocycles. The summed E-state index contributed by atoms with van der Waals surface area (Å²) in [7, 11) is 0. The molecular weight excluding hydrogens is 322 g/mol. The van der Waals surface area contributed by atoms with Crippen LogP contribution in [-0.2, 0) is 6.54 Å². The minimum atomic E-state index is 0.000209. The van der Waals surface area contributed by atoms with Crippen LogP contribution in [0, 0.1) is 0 Å². The van der Waals surface area contributed by atoms with Crippen molar-refractivity contribution in [3.8, 4) is 0 Å². The van der Waals surface area contributed by atoms with Gasteiger partial charge in [-0.05, 0) is 55.6 Å². The number of piperidine rings is 1. The third-order valence-corrected chi connectivity index (χ3v) is 5.50. The summed E-state index contributed by atoms with van der Waals surface area (Å²) in [4.78, 5) is 17.1. The molecular formula is C22H27N3O. The SMILES string of the molecule is O=C(Nc1cccc(CN2CCCCC2)c1)N1CCC1c1ccccc1. The number of hydrogen-bond acceptors (Lipinski definition) is 2. The topological polar surface area (TPSA) is 35.6 Å². The summed E-state index contributed by atoms with van der Waals surface area (Å²) >= 11 is 0. The number of carbonyl (C=O) groups is 1. The van der Waals surface area contributed by atoms with Gasteiger partial charge in [-0.3, -0.25) is 4.90 Å². The Hall–Kier alpha value is -2.33. The Morgan fingerprint density at radius 3 is 2.50 bits per heavy atom. The number of urea groups is 1. The van der Waals surface area contributed by atoms with Crippen LogP contribution >= 0.6 is 0 Å². The monoisotopic (exact) mass is 349 g/mol. The fraction of sp³-hybridized carbons (Fsp3) is 0.409. The molecule has 4 heteroatoms. The van der Waals surface area contributed by atoms with Gasteiger partial charge in [-0.25, -0.2) is 4.79 Å². The van der Waals surface area contributed by atoms with Crippen molar-refractivity contribution in [3.63, 3.8) is 0 Å². The van der Waals surface area contributed by atoms with Gasteiger partial charge in [0, 0.05) is 18.8 Å². The molecule has 2 aromatic rings. The molecule has 1 unspecified atom stereocenters. The molecule has 0 spiro atoms. The zero-order valence-electron chi connectivity index (χ0n) is 15.2. The molecule has 0 bridgehead atoms. The number of nitrogens with one attached hydrogen (secondary N) is 1. The van der Waals surface area contributed by atoms with Crippen molar-refractivity contribution in [2.75, 3.05) is 25.0 Å². The smallest absolute Gasteiger partial charge is 0.317 e. The summed E-state index contributed by atoms with van der Waals surface area (Å²) in [5, 5.41) is 3.09. The Morgan fingerprint density at radius 2 is 1.77 bits per heavy atom. The summed E-state index contributed by atoms with van der Waals surface area (Å²) < 4.78 is 0. The summed E-state index contributed by atoms with van der Waals surface area (Å²) in [5.74, 6) is 0. The molecule has 0 saturated carbocycles. The van der Waals surface area contributed by atoms with Crippen molar-refractivity contribution >= 4 is 11.7 Å². The maximum absolute atomic E-state index is 12.7. The number of carbonyl (C=O) groups excluding carboxylic acids is 1. The molecule has 0 radical (unpaired) electrons. The molecule has 2 aliphatic rings. The predicted octanol–water partition coefficient (Wildman–Crippen LogP) is 4.65. The maximum Gasteiger partial charge on any atom is 0.322 e. The second kappa shape index (κ2) is 7.92. The number of amides is 2. The molecule has 26 heavy (non-hydrogen) atoms. The number of likely N-dealkylation sites (tertiary alicyclic amines) is 2. The van der Waals surface area contributed by atoms with E-state index in [1.165, 1.54) is 43.5 Å². The third kappa shape index (κ3) is 3.91. The molecule has 1 N–H and O–H groups in total. The standard InChI is InChI=1S/C22H27N3O/c26-22(25-15-12-21(25)19-9-3-1-4-10-19)23-20-11-7-8-18(16-20)17-24-13-5-2-6-14-24/h1,3-4,7-11,16,21H,2,5-6,12-15,17H2,(H,23,26). The van der Waals surface area contributed by atoms with Crippen molar-refractivity contribution in [2.24, 2.45) is 0 Å². The minimum Gasteiger partial charge on any atom is -0.317 e. The first kappa shape index (κ1) is 17.1. The van der Waals surface area contributed by atoms with Gasteiger partial charge in [0.1, 0.15) is 0 Å². The van der Waals surface area contributed by atoms with Crippen LogP contribution in [0.15, 0.2) is 54.6 Å². The zero-order chi connectivity index (χ0) is 17.8. The van der Waals surface area contributed by atoms with Crippen LogP contribution in [0.3, 0.4) is 0 Å². The number of benzene rings is 2.